The van der Waals surface area contributed by atoms with Crippen molar-refractivity contribution in [2.24, 2.45) is 0 Å². The molecule has 0 aliphatic heterocycles. The largest absolute Gasteiger partial charge is 0.497 e. The van der Waals surface area contributed by atoms with Crippen molar-refractivity contribution < 1.29 is 9.53 Å². The summed E-state index contributed by atoms with van der Waals surface area (Å²) in [7, 11) is 1.62. The number of hydrogen-bond acceptors (Lipinski definition) is 3. The van der Waals surface area contributed by atoms with E-state index in [0.29, 0.717) is 5.56 Å². The van der Waals surface area contributed by atoms with E-state index in [-0.39, 0.29) is 5.78 Å². The zero-order valence-corrected chi connectivity index (χ0v) is 11.5. The second-order valence-electron chi connectivity index (χ2n) is 4.38. The van der Waals surface area contributed by atoms with Gasteiger partial charge >= 0.3 is 0 Å². The van der Waals surface area contributed by atoms with Crippen molar-refractivity contribution in [1.29, 1.82) is 0 Å². The number of thiophene rings is 1. The summed E-state index contributed by atoms with van der Waals surface area (Å²) in [6.45, 7) is 1.96. The lowest BCUT2D eigenvalue weighted by molar-refractivity contribution is 0.104. The Balaban J connectivity index is 2.15. The van der Waals surface area contributed by atoms with Gasteiger partial charge in [-0.25, -0.2) is 0 Å². The van der Waals surface area contributed by atoms with E-state index in [9.17, 15) is 4.79 Å². The highest BCUT2D eigenvalue weighted by Gasteiger charge is 2.17. The Labute approximate surface area is 114 Å². The molecule has 0 amide bonds. The molecule has 0 radical (unpaired) electrons. The minimum absolute atomic E-state index is 0.0620. The highest BCUT2D eigenvalue weighted by atomic mass is 32.1. The van der Waals surface area contributed by atoms with E-state index in [2.05, 4.69) is 4.98 Å². The first-order chi connectivity index (χ1) is 9.20. The van der Waals surface area contributed by atoms with Gasteiger partial charge in [-0.2, -0.15) is 0 Å². The average molecular weight is 271 g/mol. The van der Waals surface area contributed by atoms with Crippen LogP contribution >= 0.6 is 11.3 Å². The third-order valence-corrected chi connectivity index (χ3v) is 4.22. The number of ether oxygens (including phenoxy) is 1. The number of carbonyl (C=O) groups excluding carboxylic acids is 1. The molecule has 0 aliphatic carbocycles. The zero-order valence-electron chi connectivity index (χ0n) is 10.7. The van der Waals surface area contributed by atoms with Crippen LogP contribution in [0.15, 0.2) is 35.8 Å². The normalized spacial score (nSPS) is 10.8. The van der Waals surface area contributed by atoms with Crippen LogP contribution < -0.4 is 4.74 Å². The Morgan fingerprint density at radius 1 is 1.32 bits per heavy atom. The van der Waals surface area contributed by atoms with Crippen molar-refractivity contribution in [3.63, 3.8) is 0 Å². The van der Waals surface area contributed by atoms with E-state index < -0.39 is 0 Å². The summed E-state index contributed by atoms with van der Waals surface area (Å²) >= 11 is 1.48. The van der Waals surface area contributed by atoms with Gasteiger partial charge in [0.1, 0.15) is 5.75 Å². The monoisotopic (exact) mass is 271 g/mol. The molecular formula is C15H13NO2S. The number of hydrogen-bond donors (Lipinski definition) is 1. The number of ketones is 1. The fraction of sp³-hybridized carbons (Fsp3) is 0.133. The van der Waals surface area contributed by atoms with Crippen molar-refractivity contribution in [3.8, 4) is 5.75 Å². The number of aryl methyl sites for hydroxylation is 1. The van der Waals surface area contributed by atoms with Crippen molar-refractivity contribution in [1.82, 2.24) is 4.98 Å². The molecule has 0 bridgehead atoms. The topological polar surface area (TPSA) is 42.1 Å². The van der Waals surface area contributed by atoms with Crippen LogP contribution in [0.4, 0.5) is 0 Å². The van der Waals surface area contributed by atoms with Crippen molar-refractivity contribution in [2.45, 2.75) is 6.92 Å². The Hall–Kier alpha value is -2.07. The third kappa shape index (κ3) is 1.94. The molecule has 0 unspecified atom stereocenters. The summed E-state index contributed by atoms with van der Waals surface area (Å²) in [5.41, 5.74) is 2.66. The van der Waals surface area contributed by atoms with Gasteiger partial charge in [0, 0.05) is 22.7 Å². The SMILES string of the molecule is COc1ccc2[nH]cc(C(=O)c3sccc3C)c2c1. The first-order valence-electron chi connectivity index (χ1n) is 5.94. The zero-order chi connectivity index (χ0) is 13.4. The molecule has 0 fully saturated rings. The summed E-state index contributed by atoms with van der Waals surface area (Å²) in [4.78, 5) is 16.5. The highest BCUT2D eigenvalue weighted by Crippen LogP contribution is 2.27. The molecule has 19 heavy (non-hydrogen) atoms. The number of fused-ring (bicyclic) bond motifs is 1. The molecule has 0 spiro atoms. The number of carbonyl (C=O) groups is 1. The van der Waals surface area contributed by atoms with Crippen LogP contribution in [0.3, 0.4) is 0 Å². The van der Waals surface area contributed by atoms with E-state index in [0.717, 1.165) is 27.1 Å². The lowest BCUT2D eigenvalue weighted by Crippen LogP contribution is -1.99. The molecule has 3 nitrogen and oxygen atoms in total. The predicted octanol–water partition coefficient (Wildman–Crippen LogP) is 3.78. The molecule has 96 valence electrons. The lowest BCUT2D eigenvalue weighted by Gasteiger charge is -2.01. The van der Waals surface area contributed by atoms with Crippen LogP contribution in [0.25, 0.3) is 10.9 Å². The second-order valence-corrected chi connectivity index (χ2v) is 5.29. The summed E-state index contributed by atoms with van der Waals surface area (Å²) in [6.07, 6.45) is 1.77. The Kier molecular flexibility index (Phi) is 2.87. The average Bonchev–Trinajstić information content (AvgIpc) is 3.03. The van der Waals surface area contributed by atoms with Gasteiger partial charge < -0.3 is 9.72 Å². The van der Waals surface area contributed by atoms with Crippen LogP contribution in [0.1, 0.15) is 20.8 Å². The quantitative estimate of drug-likeness (QED) is 0.737. The summed E-state index contributed by atoms with van der Waals surface area (Å²) in [6, 6.07) is 7.66. The van der Waals surface area contributed by atoms with E-state index in [1.165, 1.54) is 11.3 Å². The molecule has 0 saturated carbocycles. The Bertz CT molecular complexity index is 754. The van der Waals surface area contributed by atoms with Crippen LogP contribution in [0.2, 0.25) is 0 Å². The third-order valence-electron chi connectivity index (χ3n) is 3.20. The molecule has 1 N–H and O–H groups in total. The van der Waals surface area contributed by atoms with Crippen molar-refractivity contribution >= 4 is 28.0 Å². The maximum Gasteiger partial charge on any atom is 0.205 e. The van der Waals surface area contributed by atoms with Gasteiger partial charge in [0.2, 0.25) is 5.78 Å². The first-order valence-corrected chi connectivity index (χ1v) is 6.82. The van der Waals surface area contributed by atoms with Gasteiger partial charge in [0.15, 0.2) is 0 Å². The van der Waals surface area contributed by atoms with Crippen LogP contribution in [-0.2, 0) is 0 Å². The van der Waals surface area contributed by atoms with Crippen LogP contribution in [-0.4, -0.2) is 17.9 Å². The summed E-state index contributed by atoms with van der Waals surface area (Å²) < 4.78 is 5.22. The molecule has 4 heteroatoms. The molecule has 3 rings (SSSR count). The van der Waals surface area contributed by atoms with Crippen molar-refractivity contribution in [2.75, 3.05) is 7.11 Å². The van der Waals surface area contributed by atoms with Crippen LogP contribution in [0.5, 0.6) is 5.75 Å². The fourth-order valence-corrected chi connectivity index (χ4v) is 3.02. The minimum atomic E-state index is 0.0620. The molecule has 0 atom stereocenters. The van der Waals surface area contributed by atoms with Gasteiger partial charge in [0.25, 0.3) is 0 Å². The van der Waals surface area contributed by atoms with E-state index in [4.69, 9.17) is 4.74 Å². The van der Waals surface area contributed by atoms with Gasteiger partial charge in [0.05, 0.1) is 12.0 Å². The number of aromatic amines is 1. The van der Waals surface area contributed by atoms with Crippen molar-refractivity contribution in [3.05, 3.63) is 51.8 Å². The van der Waals surface area contributed by atoms with Gasteiger partial charge in [-0.1, -0.05) is 0 Å². The van der Waals surface area contributed by atoms with Crippen LogP contribution in [0, 0.1) is 6.92 Å². The number of nitrogens with one attached hydrogen (secondary N) is 1. The maximum absolute atomic E-state index is 12.6. The van der Waals surface area contributed by atoms with Gasteiger partial charge in [-0.15, -0.1) is 11.3 Å². The van der Waals surface area contributed by atoms with Gasteiger partial charge in [-0.3, -0.25) is 4.79 Å². The number of H-pyrrole nitrogens is 1. The fourth-order valence-electron chi connectivity index (χ4n) is 2.14. The highest BCUT2D eigenvalue weighted by molar-refractivity contribution is 7.12. The maximum atomic E-state index is 12.6. The molecule has 3 aromatic rings. The summed E-state index contributed by atoms with van der Waals surface area (Å²) in [5.74, 6) is 0.816. The number of benzene rings is 1. The second kappa shape index (κ2) is 4.55. The lowest BCUT2D eigenvalue weighted by atomic mass is 10.1. The summed E-state index contributed by atoms with van der Waals surface area (Å²) in [5, 5.41) is 2.84. The molecular weight excluding hydrogens is 258 g/mol. The molecule has 2 heterocycles. The molecule has 2 aromatic heterocycles. The minimum Gasteiger partial charge on any atom is -0.497 e. The molecule has 0 aliphatic rings. The predicted molar refractivity (Wildman–Crippen MR) is 77.3 cm³/mol. The van der Waals surface area contributed by atoms with E-state index >= 15 is 0 Å². The first kappa shape index (κ1) is 12.0. The number of aromatic nitrogens is 1. The Morgan fingerprint density at radius 3 is 2.84 bits per heavy atom. The Morgan fingerprint density at radius 2 is 2.16 bits per heavy atom. The van der Waals surface area contributed by atoms with Gasteiger partial charge in [-0.05, 0) is 42.1 Å². The van der Waals surface area contributed by atoms with E-state index in [1.807, 2.05) is 36.6 Å². The number of methoxy groups -OCH3 is 1. The molecule has 1 aromatic carbocycles. The standard InChI is InChI=1S/C15H13NO2S/c1-9-5-6-19-15(9)14(17)12-8-16-13-4-3-10(18-2)7-11(12)13/h3-8,16H,1-2H3. The van der Waals surface area contributed by atoms with E-state index in [1.54, 1.807) is 13.3 Å². The smallest absolute Gasteiger partial charge is 0.205 e. The molecule has 0 saturated heterocycles. The number of rotatable bonds is 3.